The van der Waals surface area contributed by atoms with Gasteiger partial charge in [-0.15, -0.1) is 0 Å². The summed E-state index contributed by atoms with van der Waals surface area (Å²) < 4.78 is 18.5. The van der Waals surface area contributed by atoms with Gasteiger partial charge in [0.15, 0.2) is 0 Å². The van der Waals surface area contributed by atoms with Gasteiger partial charge in [0.2, 0.25) is 5.91 Å². The number of amides is 2. The SMILES string of the molecule is COc1ccccc1CNC(=O)c1ccc2c(c1)NC(=O)C(CSCc1ccc(F)cc1Cl)N2. The molecular formula is C25H23ClFN3O3S. The summed E-state index contributed by atoms with van der Waals surface area (Å²) in [5.41, 5.74) is 3.42. The first-order valence-corrected chi connectivity index (χ1v) is 12.1. The van der Waals surface area contributed by atoms with Gasteiger partial charge in [0, 0.05) is 34.2 Å². The summed E-state index contributed by atoms with van der Waals surface area (Å²) in [5, 5.41) is 9.35. The van der Waals surface area contributed by atoms with Crippen LogP contribution in [0.3, 0.4) is 0 Å². The molecule has 3 N–H and O–H groups in total. The molecule has 34 heavy (non-hydrogen) atoms. The summed E-state index contributed by atoms with van der Waals surface area (Å²) in [6.45, 7) is 0.321. The molecule has 0 fully saturated rings. The van der Waals surface area contributed by atoms with E-state index in [1.807, 2.05) is 24.3 Å². The first kappa shape index (κ1) is 23.9. The lowest BCUT2D eigenvalue weighted by Gasteiger charge is -2.27. The van der Waals surface area contributed by atoms with Gasteiger partial charge in [-0.1, -0.05) is 35.9 Å². The van der Waals surface area contributed by atoms with Gasteiger partial charge >= 0.3 is 0 Å². The lowest BCUT2D eigenvalue weighted by atomic mass is 10.1. The molecule has 0 bridgehead atoms. The van der Waals surface area contributed by atoms with E-state index in [4.69, 9.17) is 16.3 Å². The van der Waals surface area contributed by atoms with E-state index < -0.39 is 6.04 Å². The summed E-state index contributed by atoms with van der Waals surface area (Å²) in [4.78, 5) is 25.2. The van der Waals surface area contributed by atoms with Crippen molar-refractivity contribution < 1.29 is 18.7 Å². The van der Waals surface area contributed by atoms with Crippen LogP contribution < -0.4 is 20.7 Å². The smallest absolute Gasteiger partial charge is 0.251 e. The Bertz CT molecular complexity index is 1220. The Balaban J connectivity index is 1.34. The number of nitrogens with one attached hydrogen (secondary N) is 3. The molecule has 1 aliphatic rings. The van der Waals surface area contributed by atoms with Gasteiger partial charge in [-0.05, 0) is 42.0 Å². The zero-order valence-corrected chi connectivity index (χ0v) is 19.9. The molecule has 1 unspecified atom stereocenters. The predicted octanol–water partition coefficient (Wildman–Crippen LogP) is 5.08. The zero-order chi connectivity index (χ0) is 24.1. The van der Waals surface area contributed by atoms with Gasteiger partial charge < -0.3 is 20.7 Å². The van der Waals surface area contributed by atoms with Crippen molar-refractivity contribution in [2.24, 2.45) is 0 Å². The molecule has 0 aliphatic carbocycles. The van der Waals surface area contributed by atoms with Gasteiger partial charge in [0.25, 0.3) is 5.91 Å². The second-order valence-corrected chi connectivity index (χ2v) is 9.13. The molecular weight excluding hydrogens is 477 g/mol. The van der Waals surface area contributed by atoms with Crippen molar-refractivity contribution in [3.05, 3.63) is 88.2 Å². The van der Waals surface area contributed by atoms with E-state index in [1.54, 1.807) is 31.4 Å². The number of hydrogen-bond donors (Lipinski definition) is 3. The molecule has 1 aliphatic heterocycles. The van der Waals surface area contributed by atoms with Crippen molar-refractivity contribution in [3.63, 3.8) is 0 Å². The molecule has 2 amide bonds. The molecule has 0 radical (unpaired) electrons. The van der Waals surface area contributed by atoms with Crippen molar-refractivity contribution in [2.45, 2.75) is 18.3 Å². The fraction of sp³-hybridized carbons (Fsp3) is 0.200. The van der Waals surface area contributed by atoms with Crippen LogP contribution in [0.25, 0.3) is 0 Å². The number of para-hydroxylation sites is 1. The first-order valence-electron chi connectivity index (χ1n) is 10.6. The highest BCUT2D eigenvalue weighted by Gasteiger charge is 2.26. The summed E-state index contributed by atoms with van der Waals surface area (Å²) in [6, 6.07) is 16.5. The van der Waals surface area contributed by atoms with E-state index in [0.29, 0.717) is 40.1 Å². The molecule has 3 aromatic rings. The van der Waals surface area contributed by atoms with E-state index in [2.05, 4.69) is 16.0 Å². The molecule has 0 aromatic heterocycles. The fourth-order valence-corrected chi connectivity index (χ4v) is 4.93. The molecule has 1 heterocycles. The van der Waals surface area contributed by atoms with Crippen LogP contribution in [-0.4, -0.2) is 30.7 Å². The average Bonchev–Trinajstić information content (AvgIpc) is 2.84. The van der Waals surface area contributed by atoms with Crippen LogP contribution >= 0.6 is 23.4 Å². The van der Waals surface area contributed by atoms with Gasteiger partial charge in [0.05, 0.1) is 18.5 Å². The second-order valence-electron chi connectivity index (χ2n) is 7.69. The minimum atomic E-state index is -0.443. The van der Waals surface area contributed by atoms with Crippen LogP contribution in [0.15, 0.2) is 60.7 Å². The minimum absolute atomic E-state index is 0.184. The van der Waals surface area contributed by atoms with Crippen LogP contribution in [0, 0.1) is 5.82 Å². The van der Waals surface area contributed by atoms with Crippen LogP contribution in [-0.2, 0) is 17.1 Å². The van der Waals surface area contributed by atoms with Gasteiger partial charge in [-0.3, -0.25) is 9.59 Å². The van der Waals surface area contributed by atoms with Crippen LogP contribution in [0.1, 0.15) is 21.5 Å². The Morgan fingerprint density at radius 1 is 1.12 bits per heavy atom. The predicted molar refractivity (Wildman–Crippen MR) is 134 cm³/mol. The third kappa shape index (κ3) is 5.63. The minimum Gasteiger partial charge on any atom is -0.496 e. The Morgan fingerprint density at radius 3 is 2.74 bits per heavy atom. The number of benzene rings is 3. The second kappa shape index (κ2) is 10.8. The quantitative estimate of drug-likeness (QED) is 0.402. The van der Waals surface area contributed by atoms with E-state index in [-0.39, 0.29) is 17.6 Å². The maximum absolute atomic E-state index is 13.2. The fourth-order valence-electron chi connectivity index (χ4n) is 3.56. The number of anilines is 2. The molecule has 4 rings (SSSR count). The largest absolute Gasteiger partial charge is 0.496 e. The third-order valence-electron chi connectivity index (χ3n) is 5.37. The van der Waals surface area contributed by atoms with Crippen molar-refractivity contribution in [3.8, 4) is 5.75 Å². The lowest BCUT2D eigenvalue weighted by molar-refractivity contribution is -0.116. The molecule has 0 saturated heterocycles. The Kier molecular flexibility index (Phi) is 7.59. The van der Waals surface area contributed by atoms with E-state index >= 15 is 0 Å². The maximum Gasteiger partial charge on any atom is 0.251 e. The van der Waals surface area contributed by atoms with E-state index in [0.717, 1.165) is 16.8 Å². The third-order valence-corrected chi connectivity index (χ3v) is 6.81. The van der Waals surface area contributed by atoms with Gasteiger partial charge in [-0.2, -0.15) is 11.8 Å². The Morgan fingerprint density at radius 2 is 1.94 bits per heavy atom. The number of rotatable bonds is 8. The highest BCUT2D eigenvalue weighted by Crippen LogP contribution is 2.30. The maximum atomic E-state index is 13.2. The number of fused-ring (bicyclic) bond motifs is 1. The van der Waals surface area contributed by atoms with E-state index in [9.17, 15) is 14.0 Å². The molecule has 0 spiro atoms. The number of methoxy groups -OCH3 is 1. The average molecular weight is 500 g/mol. The monoisotopic (exact) mass is 499 g/mol. The standard InChI is InChI=1S/C25H23ClFN3O3S/c1-33-23-5-3-2-4-16(23)12-28-24(31)15-7-9-20-21(10-15)30-25(32)22(29-20)14-34-13-17-6-8-18(27)11-19(17)26/h2-11,22,29H,12-14H2,1H3,(H,28,31)(H,30,32). The Labute approximate surface area is 206 Å². The number of halogens is 2. The van der Waals surface area contributed by atoms with Crippen molar-refractivity contribution in [1.82, 2.24) is 5.32 Å². The zero-order valence-electron chi connectivity index (χ0n) is 18.4. The number of carbonyl (C=O) groups excluding carboxylic acids is 2. The number of carbonyl (C=O) groups is 2. The molecule has 9 heteroatoms. The summed E-state index contributed by atoms with van der Waals surface area (Å²) in [7, 11) is 1.59. The lowest BCUT2D eigenvalue weighted by Crippen LogP contribution is -2.40. The normalized spacial score (nSPS) is 14.6. The van der Waals surface area contributed by atoms with Crippen LogP contribution in [0.5, 0.6) is 5.75 Å². The van der Waals surface area contributed by atoms with Crippen LogP contribution in [0.4, 0.5) is 15.8 Å². The topological polar surface area (TPSA) is 79.5 Å². The first-order chi connectivity index (χ1) is 16.4. The Hall–Kier alpha value is -3.23. The highest BCUT2D eigenvalue weighted by atomic mass is 35.5. The number of hydrogen-bond acceptors (Lipinski definition) is 5. The summed E-state index contributed by atoms with van der Waals surface area (Å²) in [5.74, 6) is 0.948. The number of ether oxygens (including phenoxy) is 1. The molecule has 3 aromatic carbocycles. The molecule has 176 valence electrons. The highest BCUT2D eigenvalue weighted by molar-refractivity contribution is 7.98. The van der Waals surface area contributed by atoms with Crippen LogP contribution in [0.2, 0.25) is 5.02 Å². The van der Waals surface area contributed by atoms with Crippen molar-refractivity contribution >= 4 is 46.6 Å². The summed E-state index contributed by atoms with van der Waals surface area (Å²) >= 11 is 7.59. The van der Waals surface area contributed by atoms with Crippen molar-refractivity contribution in [1.29, 1.82) is 0 Å². The molecule has 1 atom stereocenters. The van der Waals surface area contributed by atoms with Gasteiger partial charge in [-0.25, -0.2) is 4.39 Å². The molecule has 0 saturated carbocycles. The van der Waals surface area contributed by atoms with Crippen molar-refractivity contribution in [2.75, 3.05) is 23.5 Å². The van der Waals surface area contributed by atoms with E-state index in [1.165, 1.54) is 23.9 Å². The van der Waals surface area contributed by atoms with Gasteiger partial charge in [0.1, 0.15) is 17.6 Å². The summed E-state index contributed by atoms with van der Waals surface area (Å²) in [6.07, 6.45) is 0. The number of thioether (sulfide) groups is 1. The molecule has 6 nitrogen and oxygen atoms in total.